The van der Waals surface area contributed by atoms with Gasteiger partial charge in [-0.3, -0.25) is 4.79 Å². The lowest BCUT2D eigenvalue weighted by atomic mass is 9.78. The first kappa shape index (κ1) is 20.9. The van der Waals surface area contributed by atoms with Gasteiger partial charge >= 0.3 is 6.18 Å². The molecule has 0 saturated heterocycles. The molecule has 1 aliphatic rings. The summed E-state index contributed by atoms with van der Waals surface area (Å²) in [5, 5.41) is 6.70. The molecule has 33 heavy (non-hydrogen) atoms. The lowest BCUT2D eigenvalue weighted by molar-refractivity contribution is -0.134. The maximum atomic E-state index is 13.4. The molecule has 12 heteroatoms. The molecule has 0 fully saturated rings. The zero-order valence-electron chi connectivity index (χ0n) is 17.1. The number of anilines is 1. The Labute approximate surface area is 183 Å². The Kier molecular flexibility index (Phi) is 4.62. The van der Waals surface area contributed by atoms with Gasteiger partial charge in [0.2, 0.25) is 5.91 Å². The molecular formula is C21H15F4N7O. The Balaban J connectivity index is 1.56. The van der Waals surface area contributed by atoms with Crippen molar-refractivity contribution < 1.29 is 22.4 Å². The van der Waals surface area contributed by atoms with Gasteiger partial charge in [0.25, 0.3) is 0 Å². The molecule has 1 aromatic carbocycles. The van der Waals surface area contributed by atoms with E-state index in [1.807, 2.05) is 0 Å². The van der Waals surface area contributed by atoms with E-state index in [0.717, 1.165) is 0 Å². The summed E-state index contributed by atoms with van der Waals surface area (Å²) in [6, 6.07) is 5.57. The van der Waals surface area contributed by atoms with Crippen LogP contribution in [0.15, 0.2) is 43.0 Å². The Morgan fingerprint density at radius 2 is 1.88 bits per heavy atom. The molecule has 8 nitrogen and oxygen atoms in total. The minimum atomic E-state index is -4.35. The van der Waals surface area contributed by atoms with Crippen LogP contribution < -0.4 is 5.32 Å². The molecule has 4 heterocycles. The number of benzene rings is 1. The van der Waals surface area contributed by atoms with E-state index in [-0.39, 0.29) is 41.0 Å². The van der Waals surface area contributed by atoms with Gasteiger partial charge < -0.3 is 5.32 Å². The molecule has 1 N–H and O–H groups in total. The molecule has 1 amide bonds. The van der Waals surface area contributed by atoms with Crippen molar-refractivity contribution in [1.82, 2.24) is 29.5 Å². The first-order valence-electron chi connectivity index (χ1n) is 9.86. The van der Waals surface area contributed by atoms with E-state index in [1.54, 1.807) is 6.92 Å². The largest absolute Gasteiger partial charge is 0.389 e. The Morgan fingerprint density at radius 3 is 2.61 bits per heavy atom. The fourth-order valence-corrected chi connectivity index (χ4v) is 3.82. The van der Waals surface area contributed by atoms with Crippen LogP contribution in [-0.2, 0) is 16.6 Å². The molecule has 5 rings (SSSR count). The Hall–Kier alpha value is -3.96. The molecule has 0 aliphatic carbocycles. The highest BCUT2D eigenvalue weighted by atomic mass is 19.4. The van der Waals surface area contributed by atoms with Crippen LogP contribution in [0.2, 0.25) is 0 Å². The van der Waals surface area contributed by atoms with E-state index in [4.69, 9.17) is 0 Å². The molecule has 0 radical (unpaired) electrons. The van der Waals surface area contributed by atoms with E-state index in [2.05, 4.69) is 30.4 Å². The van der Waals surface area contributed by atoms with Crippen molar-refractivity contribution >= 4 is 17.4 Å². The van der Waals surface area contributed by atoms with Crippen molar-refractivity contribution in [3.63, 3.8) is 0 Å². The summed E-state index contributed by atoms with van der Waals surface area (Å²) in [7, 11) is 0. The smallest absolute Gasteiger partial charge is 0.309 e. The summed E-state index contributed by atoms with van der Waals surface area (Å²) in [4.78, 5) is 29.8. The van der Waals surface area contributed by atoms with Crippen LogP contribution in [0.1, 0.15) is 30.2 Å². The van der Waals surface area contributed by atoms with Gasteiger partial charge in [0.1, 0.15) is 29.1 Å². The highest BCUT2D eigenvalue weighted by Crippen LogP contribution is 2.41. The van der Waals surface area contributed by atoms with Crippen LogP contribution in [0.3, 0.4) is 0 Å². The average Bonchev–Trinajstić information content (AvgIpc) is 3.34. The third-order valence-corrected chi connectivity index (χ3v) is 5.64. The van der Waals surface area contributed by atoms with Gasteiger partial charge in [-0.1, -0.05) is 12.1 Å². The standard InChI is InChI=1S/C21H15F4N7O/c1-20(11-2-4-12(22)5-3-11)13-8-26-17(30-16(13)31-19(20)33)15-9-32-18(27-10-28-32)14(29-15)6-7-21(23,24)25/h2-5,8-10H,6-7H2,1H3,(H,26,30,31,33). The topological polar surface area (TPSA) is 98.0 Å². The normalized spacial score (nSPS) is 17.9. The maximum absolute atomic E-state index is 13.4. The van der Waals surface area contributed by atoms with Crippen molar-refractivity contribution in [2.24, 2.45) is 0 Å². The number of aryl methyl sites for hydroxylation is 1. The molecule has 4 aromatic rings. The highest BCUT2D eigenvalue weighted by Gasteiger charge is 2.45. The number of rotatable bonds is 4. The van der Waals surface area contributed by atoms with Crippen molar-refractivity contribution in [3.05, 3.63) is 65.6 Å². The van der Waals surface area contributed by atoms with Crippen LogP contribution in [0.5, 0.6) is 0 Å². The van der Waals surface area contributed by atoms with E-state index >= 15 is 0 Å². The highest BCUT2D eigenvalue weighted by molar-refractivity contribution is 6.07. The molecule has 0 saturated carbocycles. The van der Waals surface area contributed by atoms with Gasteiger partial charge in [-0.05, 0) is 24.6 Å². The van der Waals surface area contributed by atoms with Crippen molar-refractivity contribution in [2.75, 3.05) is 5.32 Å². The molecule has 0 spiro atoms. The first-order valence-corrected chi connectivity index (χ1v) is 9.86. The quantitative estimate of drug-likeness (QED) is 0.472. The van der Waals surface area contributed by atoms with E-state index in [0.29, 0.717) is 11.1 Å². The summed E-state index contributed by atoms with van der Waals surface area (Å²) >= 11 is 0. The molecule has 1 unspecified atom stereocenters. The molecular weight excluding hydrogens is 442 g/mol. The van der Waals surface area contributed by atoms with Crippen LogP contribution >= 0.6 is 0 Å². The summed E-state index contributed by atoms with van der Waals surface area (Å²) in [5.41, 5.74) is 0.406. The zero-order chi connectivity index (χ0) is 23.4. The van der Waals surface area contributed by atoms with Crippen molar-refractivity contribution in [1.29, 1.82) is 0 Å². The predicted molar refractivity (Wildman–Crippen MR) is 108 cm³/mol. The number of fused-ring (bicyclic) bond motifs is 2. The average molecular weight is 457 g/mol. The summed E-state index contributed by atoms with van der Waals surface area (Å²) < 4.78 is 52.9. The second-order valence-corrected chi connectivity index (χ2v) is 7.76. The number of carbonyl (C=O) groups is 1. The van der Waals surface area contributed by atoms with Gasteiger partial charge in [0.05, 0.1) is 11.9 Å². The lowest BCUT2D eigenvalue weighted by Crippen LogP contribution is -2.32. The molecule has 168 valence electrons. The molecule has 3 aromatic heterocycles. The van der Waals surface area contributed by atoms with Crippen molar-refractivity contribution in [3.8, 4) is 11.5 Å². The summed E-state index contributed by atoms with van der Waals surface area (Å²) in [6.45, 7) is 1.68. The molecule has 0 bridgehead atoms. The second-order valence-electron chi connectivity index (χ2n) is 7.76. The van der Waals surface area contributed by atoms with Gasteiger partial charge in [-0.15, -0.1) is 0 Å². The monoisotopic (exact) mass is 457 g/mol. The number of hydrogen-bond donors (Lipinski definition) is 1. The van der Waals surface area contributed by atoms with Crippen LogP contribution in [0, 0.1) is 5.82 Å². The third kappa shape index (κ3) is 3.56. The summed E-state index contributed by atoms with van der Waals surface area (Å²) in [5.74, 6) is -0.443. The van der Waals surface area contributed by atoms with Gasteiger partial charge in [0, 0.05) is 24.6 Å². The van der Waals surface area contributed by atoms with Gasteiger partial charge in [-0.2, -0.15) is 18.3 Å². The number of nitrogens with one attached hydrogen (secondary N) is 1. The van der Waals surface area contributed by atoms with E-state index in [1.165, 1.54) is 47.5 Å². The SMILES string of the molecule is CC1(c2ccc(F)cc2)C(=O)Nc2nc(-c3cn4ncnc4c(CCC(F)(F)F)n3)ncc21. The Morgan fingerprint density at radius 1 is 1.12 bits per heavy atom. The number of aromatic nitrogens is 6. The molecule has 1 atom stereocenters. The fraction of sp³-hybridized carbons (Fsp3) is 0.238. The number of hydrogen-bond acceptors (Lipinski definition) is 6. The Bertz CT molecular complexity index is 1380. The third-order valence-electron chi connectivity index (χ3n) is 5.64. The minimum absolute atomic E-state index is 0.100. The number of carbonyl (C=O) groups excluding carboxylic acids is 1. The number of nitrogens with zero attached hydrogens (tertiary/aromatic N) is 6. The maximum Gasteiger partial charge on any atom is 0.389 e. The van der Waals surface area contributed by atoms with E-state index < -0.39 is 23.8 Å². The lowest BCUT2D eigenvalue weighted by Gasteiger charge is -2.22. The van der Waals surface area contributed by atoms with Gasteiger partial charge in [-0.25, -0.2) is 28.8 Å². The zero-order valence-corrected chi connectivity index (χ0v) is 17.1. The van der Waals surface area contributed by atoms with Crippen LogP contribution in [0.25, 0.3) is 17.2 Å². The molecule has 1 aliphatic heterocycles. The number of alkyl halides is 3. The van der Waals surface area contributed by atoms with Crippen LogP contribution in [-0.4, -0.2) is 41.6 Å². The number of halogens is 4. The fourth-order valence-electron chi connectivity index (χ4n) is 3.82. The van der Waals surface area contributed by atoms with Crippen LogP contribution in [0.4, 0.5) is 23.4 Å². The summed E-state index contributed by atoms with van der Waals surface area (Å²) in [6.07, 6.45) is -1.67. The van der Waals surface area contributed by atoms with Gasteiger partial charge in [0.15, 0.2) is 11.5 Å². The predicted octanol–water partition coefficient (Wildman–Crippen LogP) is 3.47. The minimum Gasteiger partial charge on any atom is -0.309 e. The second kappa shape index (κ2) is 7.29. The van der Waals surface area contributed by atoms with Crippen molar-refractivity contribution in [2.45, 2.75) is 31.4 Å². The van der Waals surface area contributed by atoms with E-state index in [9.17, 15) is 22.4 Å². The first-order chi connectivity index (χ1) is 15.6. The number of amides is 1.